The van der Waals surface area contributed by atoms with Crippen LogP contribution in [0.4, 0.5) is 17.1 Å². The smallest absolute Gasteiger partial charge is 0.0571 e. The number of rotatable bonds is 7. The van der Waals surface area contributed by atoms with Crippen LogP contribution in [0.25, 0.3) is 93.6 Å². The van der Waals surface area contributed by atoms with Crippen LogP contribution in [0.15, 0.2) is 225 Å². The summed E-state index contributed by atoms with van der Waals surface area (Å²) in [5.74, 6) is 0. The first-order valence-electron chi connectivity index (χ1n) is 21.5. The maximum atomic E-state index is 4.61. The van der Waals surface area contributed by atoms with Crippen LogP contribution in [0, 0.1) is 0 Å². The zero-order valence-corrected chi connectivity index (χ0v) is 34.5. The predicted octanol–water partition coefficient (Wildman–Crippen LogP) is 14.3. The molecule has 0 saturated carbocycles. The second-order valence-electron chi connectivity index (χ2n) is 16.2. The van der Waals surface area contributed by atoms with Crippen LogP contribution in [0.5, 0.6) is 0 Å². The normalized spacial score (nSPS) is 11.8. The molecule has 0 aliphatic carbocycles. The van der Waals surface area contributed by atoms with E-state index in [9.17, 15) is 0 Å². The van der Waals surface area contributed by atoms with E-state index >= 15 is 0 Å². The zero-order valence-electron chi connectivity index (χ0n) is 34.5. The number of nitrogens with zero attached hydrogens (tertiary/aromatic N) is 7. The second kappa shape index (κ2) is 14.4. The number of benzene rings is 7. The predicted molar refractivity (Wildman–Crippen MR) is 263 cm³/mol. The Morgan fingerprint density at radius 1 is 0.281 bits per heavy atom. The molecule has 0 fully saturated rings. The molecule has 13 rings (SSSR count). The van der Waals surface area contributed by atoms with Gasteiger partial charge in [0.1, 0.15) is 0 Å². The van der Waals surface area contributed by atoms with E-state index in [0.29, 0.717) is 0 Å². The van der Waals surface area contributed by atoms with Gasteiger partial charge in [-0.15, -0.1) is 0 Å². The molecule has 0 aliphatic heterocycles. The summed E-state index contributed by atoms with van der Waals surface area (Å²) in [6.07, 6.45) is 11.6. The number of para-hydroxylation sites is 4. The largest absolute Gasteiger partial charge is 0.310 e. The Morgan fingerprint density at radius 2 is 0.719 bits per heavy atom. The summed E-state index contributed by atoms with van der Waals surface area (Å²) in [4.78, 5) is 16.0. The Bertz CT molecular complexity index is 3620. The number of fused-ring (bicyclic) bond motifs is 9. The molecule has 7 nitrogen and oxygen atoms in total. The van der Waals surface area contributed by atoms with Crippen LogP contribution in [-0.2, 0) is 0 Å². The number of aromatic nitrogens is 6. The van der Waals surface area contributed by atoms with Crippen molar-refractivity contribution in [3.05, 3.63) is 225 Å². The lowest BCUT2D eigenvalue weighted by Crippen LogP contribution is -2.09. The Balaban J connectivity index is 0.987. The average molecular weight is 820 g/mol. The van der Waals surface area contributed by atoms with Crippen molar-refractivity contribution in [3.63, 3.8) is 0 Å². The minimum absolute atomic E-state index is 1.07. The molecule has 7 aromatic carbocycles. The number of hydrogen-bond donors (Lipinski definition) is 0. The Morgan fingerprint density at radius 3 is 1.25 bits per heavy atom. The summed E-state index contributed by atoms with van der Waals surface area (Å²) in [5.41, 5.74) is 15.4. The van der Waals surface area contributed by atoms with E-state index in [-0.39, 0.29) is 0 Å². The zero-order chi connectivity index (χ0) is 42.1. The third-order valence-electron chi connectivity index (χ3n) is 12.7. The standard InChI is InChI=1S/C57H37N7/c1-3-11-40(12-4-1)61(41-13-5-2-6-14-41)43-23-24-54-48(34-43)51-37-60-30-27-57(51)62(54)42-21-19-38(20-22-42)39-31-44(63-52-17-9-7-15-46(52)49-35-58-28-25-55(49)63)33-45(32-39)64-53-18-10-8-16-47(53)50-36-59-29-26-56(50)64/h1-37H. The molecule has 300 valence electrons. The van der Waals surface area contributed by atoms with Gasteiger partial charge in [-0.3, -0.25) is 15.0 Å². The molecule has 0 aliphatic rings. The van der Waals surface area contributed by atoms with Crippen LogP contribution < -0.4 is 4.90 Å². The van der Waals surface area contributed by atoms with Crippen molar-refractivity contribution in [1.29, 1.82) is 0 Å². The van der Waals surface area contributed by atoms with Crippen LogP contribution in [0.2, 0.25) is 0 Å². The van der Waals surface area contributed by atoms with Crippen LogP contribution in [-0.4, -0.2) is 28.7 Å². The minimum atomic E-state index is 1.07. The van der Waals surface area contributed by atoms with Crippen molar-refractivity contribution < 1.29 is 0 Å². The molecule has 0 spiro atoms. The fraction of sp³-hybridized carbons (Fsp3) is 0. The van der Waals surface area contributed by atoms with Crippen molar-refractivity contribution in [1.82, 2.24) is 28.7 Å². The third-order valence-corrected chi connectivity index (χ3v) is 12.7. The van der Waals surface area contributed by atoms with E-state index in [4.69, 9.17) is 0 Å². The van der Waals surface area contributed by atoms with Gasteiger partial charge >= 0.3 is 0 Å². The quantitative estimate of drug-likeness (QED) is 0.161. The van der Waals surface area contributed by atoms with Crippen molar-refractivity contribution >= 4 is 82.5 Å². The van der Waals surface area contributed by atoms with E-state index in [1.165, 1.54) is 10.8 Å². The summed E-state index contributed by atoms with van der Waals surface area (Å²) in [6.45, 7) is 0. The molecule has 0 bridgehead atoms. The van der Waals surface area contributed by atoms with Gasteiger partial charge in [0.15, 0.2) is 0 Å². The lowest BCUT2D eigenvalue weighted by atomic mass is 10.0. The first-order chi connectivity index (χ1) is 31.8. The van der Waals surface area contributed by atoms with Gasteiger partial charge < -0.3 is 18.6 Å². The molecule has 6 aromatic heterocycles. The number of anilines is 3. The first-order valence-corrected chi connectivity index (χ1v) is 21.5. The highest BCUT2D eigenvalue weighted by molar-refractivity contribution is 6.12. The SMILES string of the molecule is c1ccc(N(c2ccccc2)c2ccc3c(c2)c2cnccc2n3-c2ccc(-c3cc(-n4c5ccccc5c5cnccc54)cc(-n4c5ccccc5c5cnccc54)c3)cc2)cc1. The van der Waals surface area contributed by atoms with Gasteiger partial charge in [-0.1, -0.05) is 84.9 Å². The van der Waals surface area contributed by atoms with Gasteiger partial charge in [0.25, 0.3) is 0 Å². The highest BCUT2D eigenvalue weighted by Gasteiger charge is 2.20. The number of pyridine rings is 3. The lowest BCUT2D eigenvalue weighted by molar-refractivity contribution is 1.13. The summed E-state index contributed by atoms with van der Waals surface area (Å²) in [6, 6.07) is 67.4. The fourth-order valence-corrected chi connectivity index (χ4v) is 9.88. The molecule has 6 heterocycles. The molecule has 0 radical (unpaired) electrons. The van der Waals surface area contributed by atoms with Gasteiger partial charge in [-0.05, 0) is 114 Å². The van der Waals surface area contributed by atoms with E-state index in [1.807, 2.05) is 37.2 Å². The van der Waals surface area contributed by atoms with E-state index in [1.54, 1.807) is 0 Å². The Labute approximate surface area is 368 Å². The van der Waals surface area contributed by atoms with Gasteiger partial charge in [-0.25, -0.2) is 0 Å². The van der Waals surface area contributed by atoms with E-state index < -0.39 is 0 Å². The average Bonchev–Trinajstić information content (AvgIpc) is 4.00. The molecular formula is C57H37N7. The van der Waals surface area contributed by atoms with Crippen molar-refractivity contribution in [2.75, 3.05) is 4.90 Å². The van der Waals surface area contributed by atoms with Crippen molar-refractivity contribution in [2.45, 2.75) is 0 Å². The molecule has 0 atom stereocenters. The fourth-order valence-electron chi connectivity index (χ4n) is 9.88. The maximum Gasteiger partial charge on any atom is 0.0571 e. The maximum absolute atomic E-state index is 4.61. The van der Waals surface area contributed by atoms with E-state index in [0.717, 1.165) is 99.9 Å². The molecule has 64 heavy (non-hydrogen) atoms. The highest BCUT2D eigenvalue weighted by atomic mass is 15.1. The van der Waals surface area contributed by atoms with Gasteiger partial charge in [0, 0.05) is 104 Å². The molecular weight excluding hydrogens is 783 g/mol. The van der Waals surface area contributed by atoms with Crippen LogP contribution in [0.3, 0.4) is 0 Å². The second-order valence-corrected chi connectivity index (χ2v) is 16.2. The lowest BCUT2D eigenvalue weighted by Gasteiger charge is -2.25. The van der Waals surface area contributed by atoms with Crippen LogP contribution in [0.1, 0.15) is 0 Å². The molecule has 0 unspecified atom stereocenters. The monoisotopic (exact) mass is 819 g/mol. The summed E-state index contributed by atoms with van der Waals surface area (Å²) in [5, 5.41) is 6.83. The third kappa shape index (κ3) is 5.58. The Kier molecular flexibility index (Phi) is 8.08. The van der Waals surface area contributed by atoms with Crippen molar-refractivity contribution in [2.24, 2.45) is 0 Å². The molecule has 0 saturated heterocycles. The first kappa shape index (κ1) is 35.9. The summed E-state index contributed by atoms with van der Waals surface area (Å²) >= 11 is 0. The molecule has 0 N–H and O–H groups in total. The summed E-state index contributed by atoms with van der Waals surface area (Å²) < 4.78 is 7.11. The Hall–Kier alpha value is -8.81. The molecule has 0 amide bonds. The topological polar surface area (TPSA) is 56.7 Å². The molecule has 7 heteroatoms. The van der Waals surface area contributed by atoms with Crippen LogP contribution >= 0.6 is 0 Å². The summed E-state index contributed by atoms with van der Waals surface area (Å²) in [7, 11) is 0. The van der Waals surface area contributed by atoms with Gasteiger partial charge in [0.05, 0.1) is 33.1 Å². The van der Waals surface area contributed by atoms with Crippen molar-refractivity contribution in [3.8, 4) is 28.2 Å². The molecule has 13 aromatic rings. The van der Waals surface area contributed by atoms with Gasteiger partial charge in [0.2, 0.25) is 0 Å². The highest BCUT2D eigenvalue weighted by Crippen LogP contribution is 2.41. The number of hydrogen-bond acceptors (Lipinski definition) is 4. The minimum Gasteiger partial charge on any atom is -0.310 e. The van der Waals surface area contributed by atoms with E-state index in [2.05, 4.69) is 222 Å². The van der Waals surface area contributed by atoms with Gasteiger partial charge in [-0.2, -0.15) is 0 Å².